The van der Waals surface area contributed by atoms with E-state index in [0.717, 1.165) is 0 Å². The second-order valence-corrected chi connectivity index (χ2v) is 6.98. The summed E-state index contributed by atoms with van der Waals surface area (Å²) in [6.07, 6.45) is -1.81. The van der Waals surface area contributed by atoms with Crippen LogP contribution in [0.15, 0.2) is 0 Å². The zero-order valence-corrected chi connectivity index (χ0v) is 12.8. The van der Waals surface area contributed by atoms with Crippen LogP contribution < -0.4 is 5.14 Å². The van der Waals surface area contributed by atoms with Crippen LogP contribution in [0.3, 0.4) is 0 Å². The molecule has 5 atom stereocenters. The third-order valence-corrected chi connectivity index (χ3v) is 4.01. The predicted molar refractivity (Wildman–Crippen MR) is 67.0 cm³/mol. The van der Waals surface area contributed by atoms with E-state index >= 15 is 0 Å². The van der Waals surface area contributed by atoms with Gasteiger partial charge in [-0.15, -0.1) is 0 Å². The highest BCUT2D eigenvalue weighted by molar-refractivity contribution is 7.84. The van der Waals surface area contributed by atoms with Crippen molar-refractivity contribution in [1.82, 2.24) is 0 Å². The lowest BCUT2D eigenvalue weighted by molar-refractivity contribution is -0.290. The fraction of sp³-hybridized carbons (Fsp3) is 1.00. The van der Waals surface area contributed by atoms with Crippen LogP contribution in [0.1, 0.15) is 20.8 Å². The Hall–Kier alpha value is -0.330. The van der Waals surface area contributed by atoms with Crippen LogP contribution >= 0.6 is 0 Å². The molecule has 2 N–H and O–H groups in total. The molecule has 3 aliphatic rings. The first kappa shape index (κ1) is 15.6. The molecule has 0 aliphatic carbocycles. The van der Waals surface area contributed by atoms with Gasteiger partial charge >= 0.3 is 10.3 Å². The fourth-order valence-electron chi connectivity index (χ4n) is 2.93. The van der Waals surface area contributed by atoms with Crippen LogP contribution in [0.2, 0.25) is 0 Å². The zero-order valence-electron chi connectivity index (χ0n) is 12.0. The topological polar surface area (TPSA) is 116 Å². The molecule has 10 heteroatoms. The van der Waals surface area contributed by atoms with Crippen LogP contribution in [-0.2, 0) is 38.2 Å². The molecule has 9 nitrogen and oxygen atoms in total. The Morgan fingerprint density at radius 3 is 2.71 bits per heavy atom. The number of nitrogens with two attached hydrogens (primary N) is 1. The Morgan fingerprint density at radius 1 is 1.33 bits per heavy atom. The molecule has 0 aromatic carbocycles. The lowest BCUT2D eigenvalue weighted by Gasteiger charge is -2.40. The van der Waals surface area contributed by atoms with E-state index in [9.17, 15) is 8.42 Å². The van der Waals surface area contributed by atoms with E-state index in [1.165, 1.54) is 0 Å². The van der Waals surface area contributed by atoms with E-state index < -0.39 is 47.0 Å². The van der Waals surface area contributed by atoms with Gasteiger partial charge in [0, 0.05) is 0 Å². The van der Waals surface area contributed by atoms with Crippen LogP contribution in [0.25, 0.3) is 0 Å². The quantitative estimate of drug-likeness (QED) is 0.718. The Morgan fingerprint density at radius 2 is 2.05 bits per heavy atom. The third kappa shape index (κ3) is 2.94. The van der Waals surface area contributed by atoms with Gasteiger partial charge in [0.25, 0.3) is 0 Å². The van der Waals surface area contributed by atoms with Gasteiger partial charge in [-0.3, -0.25) is 4.18 Å². The van der Waals surface area contributed by atoms with Gasteiger partial charge in [-0.25, -0.2) is 5.14 Å². The van der Waals surface area contributed by atoms with E-state index in [4.69, 9.17) is 28.8 Å². The van der Waals surface area contributed by atoms with E-state index in [-0.39, 0.29) is 12.7 Å². The molecule has 21 heavy (non-hydrogen) atoms. The summed E-state index contributed by atoms with van der Waals surface area (Å²) in [5.74, 6) is -2.37. The van der Waals surface area contributed by atoms with Gasteiger partial charge in [-0.1, -0.05) is 0 Å². The second-order valence-electron chi connectivity index (χ2n) is 5.76. The van der Waals surface area contributed by atoms with Gasteiger partial charge in [0.05, 0.1) is 6.61 Å². The third-order valence-electron chi connectivity index (χ3n) is 3.56. The molecule has 3 fully saturated rings. The average Bonchev–Trinajstić information content (AvgIpc) is 2.82. The summed E-state index contributed by atoms with van der Waals surface area (Å²) in [4.78, 5) is 0. The number of rotatable bonds is 3. The highest BCUT2D eigenvalue weighted by Gasteiger charge is 2.64. The first-order valence-corrected chi connectivity index (χ1v) is 8.07. The summed E-state index contributed by atoms with van der Waals surface area (Å²) < 4.78 is 55.3. The maximum atomic E-state index is 11.0. The monoisotopic (exact) mass is 325 g/mol. The Kier molecular flexibility index (Phi) is 3.58. The predicted octanol–water partition coefficient (Wildman–Crippen LogP) is -0.785. The van der Waals surface area contributed by atoms with Gasteiger partial charge in [-0.2, -0.15) is 8.42 Å². The number of ether oxygens (including phenoxy) is 5. The van der Waals surface area contributed by atoms with E-state index in [1.54, 1.807) is 20.8 Å². The minimum atomic E-state index is -4.13. The van der Waals surface area contributed by atoms with Crippen molar-refractivity contribution in [2.45, 2.75) is 56.9 Å². The van der Waals surface area contributed by atoms with Crippen molar-refractivity contribution in [1.29, 1.82) is 0 Å². The Labute approximate surface area is 122 Å². The van der Waals surface area contributed by atoms with Crippen molar-refractivity contribution >= 4 is 10.3 Å². The first-order chi connectivity index (χ1) is 9.60. The van der Waals surface area contributed by atoms with Gasteiger partial charge in [0.1, 0.15) is 24.9 Å². The Bertz CT molecular complexity index is 522. The molecule has 3 aliphatic heterocycles. The molecule has 122 valence electrons. The number of hydrogen-bond acceptors (Lipinski definition) is 8. The minimum absolute atomic E-state index is 0.179. The molecule has 0 saturated carbocycles. The molecule has 3 heterocycles. The summed E-state index contributed by atoms with van der Waals surface area (Å²) in [6.45, 7) is 4.92. The molecule has 0 bridgehead atoms. The second kappa shape index (κ2) is 4.83. The zero-order chi connectivity index (χ0) is 15.5. The summed E-state index contributed by atoms with van der Waals surface area (Å²) in [7, 11) is -4.13. The normalized spacial score (nSPS) is 45.3. The van der Waals surface area contributed by atoms with E-state index in [2.05, 4.69) is 4.18 Å². The largest absolute Gasteiger partial charge is 0.344 e. The van der Waals surface area contributed by atoms with Gasteiger partial charge in [0.15, 0.2) is 12.1 Å². The van der Waals surface area contributed by atoms with E-state index in [1.807, 2.05) is 0 Å². The summed E-state index contributed by atoms with van der Waals surface area (Å²) in [5.41, 5.74) is 0. The molecule has 0 radical (unpaired) electrons. The van der Waals surface area contributed by atoms with Crippen molar-refractivity contribution in [2.24, 2.45) is 5.14 Å². The number of fused-ring (bicyclic) bond motifs is 3. The van der Waals surface area contributed by atoms with Gasteiger partial charge in [-0.05, 0) is 20.8 Å². The number of hydrogen-bond donors (Lipinski definition) is 1. The standard InChI is InChI=1S/C11H19NO8S/c1-6-17-7-4-15-11(5-16-21(12,13)14)9(8(7)18-6)19-10(2,3)20-11/h6-9H,4-5H2,1-3H3,(H2,12,13,14)/t6-,7+,8+,9-,11-/m0/s1. The molecule has 0 unspecified atom stereocenters. The van der Waals surface area contributed by atoms with Crippen LogP contribution in [0.4, 0.5) is 0 Å². The molecule has 0 aromatic rings. The van der Waals surface area contributed by atoms with Gasteiger partial charge < -0.3 is 23.7 Å². The molecular weight excluding hydrogens is 306 g/mol. The highest BCUT2D eigenvalue weighted by atomic mass is 32.2. The van der Waals surface area contributed by atoms with Crippen LogP contribution in [-0.4, -0.2) is 57.8 Å². The first-order valence-electron chi connectivity index (χ1n) is 6.60. The van der Waals surface area contributed by atoms with Crippen LogP contribution in [0, 0.1) is 0 Å². The van der Waals surface area contributed by atoms with Crippen molar-refractivity contribution in [3.05, 3.63) is 0 Å². The summed E-state index contributed by atoms with van der Waals surface area (Å²) in [5, 5.41) is 4.87. The molecule has 3 saturated heterocycles. The molecule has 0 aromatic heterocycles. The lowest BCUT2D eigenvalue weighted by Crippen LogP contribution is -2.60. The minimum Gasteiger partial charge on any atom is -0.344 e. The molecule has 0 amide bonds. The van der Waals surface area contributed by atoms with E-state index in [0.29, 0.717) is 0 Å². The average molecular weight is 325 g/mol. The lowest BCUT2D eigenvalue weighted by atomic mass is 9.98. The molecular formula is C11H19NO8S. The van der Waals surface area contributed by atoms with Crippen molar-refractivity contribution in [3.8, 4) is 0 Å². The maximum absolute atomic E-state index is 11.0. The Balaban J connectivity index is 1.86. The summed E-state index contributed by atoms with van der Waals surface area (Å²) in [6, 6.07) is 0. The summed E-state index contributed by atoms with van der Waals surface area (Å²) >= 11 is 0. The highest BCUT2D eigenvalue weighted by Crippen LogP contribution is 2.45. The SMILES string of the molecule is C[C@@H]1O[C@@H]2[C@@H](CO[C@@]3(COS(N)(=O)=O)OC(C)(C)O[C@@H]23)O1. The van der Waals surface area contributed by atoms with Crippen LogP contribution in [0.5, 0.6) is 0 Å². The van der Waals surface area contributed by atoms with Crippen molar-refractivity contribution in [2.75, 3.05) is 13.2 Å². The van der Waals surface area contributed by atoms with Crippen molar-refractivity contribution < 1.29 is 36.3 Å². The smallest absolute Gasteiger partial charge is 0.333 e. The molecule has 0 spiro atoms. The van der Waals surface area contributed by atoms with Gasteiger partial charge in [0.2, 0.25) is 5.79 Å². The van der Waals surface area contributed by atoms with Crippen molar-refractivity contribution in [3.63, 3.8) is 0 Å². The maximum Gasteiger partial charge on any atom is 0.333 e. The molecule has 3 rings (SSSR count). The fourth-order valence-corrected chi connectivity index (χ4v) is 3.26.